The molecule has 0 radical (unpaired) electrons. The SMILES string of the molecule is CCCCNC(=O)C1CCCN(C(=O)CCc2ncc(-c3ccc(F)cc3F)o2)C1. The van der Waals surface area contributed by atoms with E-state index in [1.165, 1.54) is 12.3 Å². The van der Waals surface area contributed by atoms with Crippen molar-refractivity contribution in [1.29, 1.82) is 0 Å². The van der Waals surface area contributed by atoms with Crippen LogP contribution in [-0.4, -0.2) is 41.3 Å². The van der Waals surface area contributed by atoms with Crippen molar-refractivity contribution in [3.8, 4) is 11.3 Å². The summed E-state index contributed by atoms with van der Waals surface area (Å²) >= 11 is 0. The highest BCUT2D eigenvalue weighted by molar-refractivity contribution is 5.81. The number of unbranched alkanes of at least 4 members (excludes halogenated alkanes) is 1. The molecule has 1 aromatic carbocycles. The molecule has 0 saturated carbocycles. The molecule has 0 bridgehead atoms. The van der Waals surface area contributed by atoms with E-state index in [2.05, 4.69) is 17.2 Å². The number of halogens is 2. The number of aromatic nitrogens is 1. The fraction of sp³-hybridized carbons (Fsp3) is 0.500. The summed E-state index contributed by atoms with van der Waals surface area (Å²) in [6.45, 7) is 3.80. The van der Waals surface area contributed by atoms with Gasteiger partial charge in [0.25, 0.3) is 0 Å². The summed E-state index contributed by atoms with van der Waals surface area (Å²) in [6.07, 6.45) is 5.38. The second kappa shape index (κ2) is 10.3. The summed E-state index contributed by atoms with van der Waals surface area (Å²) in [5.74, 6) is -1.11. The van der Waals surface area contributed by atoms with Crippen LogP contribution in [-0.2, 0) is 16.0 Å². The zero-order valence-electron chi connectivity index (χ0n) is 17.1. The van der Waals surface area contributed by atoms with Gasteiger partial charge in [-0.05, 0) is 31.4 Å². The average Bonchev–Trinajstić information content (AvgIpc) is 3.21. The lowest BCUT2D eigenvalue weighted by atomic mass is 9.96. The molecule has 3 rings (SSSR count). The van der Waals surface area contributed by atoms with Gasteiger partial charge >= 0.3 is 0 Å². The average molecular weight is 419 g/mol. The minimum absolute atomic E-state index is 0.0135. The predicted molar refractivity (Wildman–Crippen MR) is 107 cm³/mol. The van der Waals surface area contributed by atoms with E-state index in [-0.39, 0.29) is 41.9 Å². The fourth-order valence-corrected chi connectivity index (χ4v) is 3.56. The Kier molecular flexibility index (Phi) is 7.54. The highest BCUT2D eigenvalue weighted by Crippen LogP contribution is 2.25. The van der Waals surface area contributed by atoms with Crippen molar-refractivity contribution in [3.05, 3.63) is 41.9 Å². The Balaban J connectivity index is 1.52. The number of aryl methyl sites for hydroxylation is 1. The van der Waals surface area contributed by atoms with Gasteiger partial charge in [-0.25, -0.2) is 13.8 Å². The molecule has 1 unspecified atom stereocenters. The smallest absolute Gasteiger partial charge is 0.224 e. The molecular weight excluding hydrogens is 392 g/mol. The molecule has 2 amide bonds. The molecule has 1 saturated heterocycles. The molecule has 0 spiro atoms. The van der Waals surface area contributed by atoms with Crippen molar-refractivity contribution < 1.29 is 22.8 Å². The number of nitrogens with zero attached hydrogens (tertiary/aromatic N) is 2. The van der Waals surface area contributed by atoms with E-state index in [1.807, 2.05) is 0 Å². The van der Waals surface area contributed by atoms with Gasteiger partial charge in [0.2, 0.25) is 11.8 Å². The molecule has 2 heterocycles. The summed E-state index contributed by atoms with van der Waals surface area (Å²) in [5.41, 5.74) is 0.120. The van der Waals surface area contributed by atoms with Gasteiger partial charge in [-0.15, -0.1) is 0 Å². The molecule has 0 aliphatic carbocycles. The van der Waals surface area contributed by atoms with Crippen molar-refractivity contribution >= 4 is 11.8 Å². The van der Waals surface area contributed by atoms with E-state index in [0.717, 1.165) is 37.8 Å². The maximum Gasteiger partial charge on any atom is 0.224 e. The molecule has 2 aromatic rings. The number of carbonyl (C=O) groups excluding carboxylic acids is 2. The first-order chi connectivity index (χ1) is 14.5. The number of piperidine rings is 1. The molecule has 1 atom stereocenters. The summed E-state index contributed by atoms with van der Waals surface area (Å²) in [6, 6.07) is 3.22. The summed E-state index contributed by atoms with van der Waals surface area (Å²) in [5, 5.41) is 2.94. The molecule has 1 N–H and O–H groups in total. The maximum absolute atomic E-state index is 13.9. The molecule has 1 aromatic heterocycles. The van der Waals surface area contributed by atoms with E-state index in [1.54, 1.807) is 4.90 Å². The molecule has 6 nitrogen and oxygen atoms in total. The third-order valence-electron chi connectivity index (χ3n) is 5.28. The number of hydrogen-bond acceptors (Lipinski definition) is 4. The van der Waals surface area contributed by atoms with Crippen molar-refractivity contribution in [2.24, 2.45) is 5.92 Å². The van der Waals surface area contributed by atoms with Crippen LogP contribution < -0.4 is 5.32 Å². The zero-order chi connectivity index (χ0) is 21.5. The van der Waals surface area contributed by atoms with Crippen LogP contribution in [0.1, 0.15) is 44.9 Å². The van der Waals surface area contributed by atoms with Gasteiger partial charge in [0, 0.05) is 38.5 Å². The highest BCUT2D eigenvalue weighted by atomic mass is 19.1. The maximum atomic E-state index is 13.9. The summed E-state index contributed by atoms with van der Waals surface area (Å²) in [4.78, 5) is 30.7. The van der Waals surface area contributed by atoms with Gasteiger partial charge in [0.05, 0.1) is 17.7 Å². The second-order valence-corrected chi connectivity index (χ2v) is 7.57. The number of amides is 2. The van der Waals surface area contributed by atoms with E-state index >= 15 is 0 Å². The van der Waals surface area contributed by atoms with Gasteiger partial charge in [0.1, 0.15) is 11.6 Å². The second-order valence-electron chi connectivity index (χ2n) is 7.57. The number of nitrogens with one attached hydrogen (secondary N) is 1. The van der Waals surface area contributed by atoms with Crippen LogP contribution >= 0.6 is 0 Å². The fourth-order valence-electron chi connectivity index (χ4n) is 3.56. The Bertz CT molecular complexity index is 884. The predicted octanol–water partition coefficient (Wildman–Crippen LogP) is 3.71. The third kappa shape index (κ3) is 5.64. The lowest BCUT2D eigenvalue weighted by Gasteiger charge is -2.32. The van der Waals surface area contributed by atoms with Crippen LogP contribution in [0.3, 0.4) is 0 Å². The van der Waals surface area contributed by atoms with Gasteiger partial charge in [-0.1, -0.05) is 13.3 Å². The first-order valence-corrected chi connectivity index (χ1v) is 10.4. The minimum Gasteiger partial charge on any atom is -0.441 e. The van der Waals surface area contributed by atoms with Crippen molar-refractivity contribution in [2.45, 2.75) is 45.4 Å². The van der Waals surface area contributed by atoms with Crippen LogP contribution in [0.4, 0.5) is 8.78 Å². The van der Waals surface area contributed by atoms with Crippen LogP contribution in [0.25, 0.3) is 11.3 Å². The topological polar surface area (TPSA) is 75.4 Å². The highest BCUT2D eigenvalue weighted by Gasteiger charge is 2.28. The van der Waals surface area contributed by atoms with E-state index in [0.29, 0.717) is 25.5 Å². The van der Waals surface area contributed by atoms with Crippen LogP contribution in [0.15, 0.2) is 28.8 Å². The van der Waals surface area contributed by atoms with Crippen molar-refractivity contribution in [3.63, 3.8) is 0 Å². The number of rotatable bonds is 8. The first-order valence-electron chi connectivity index (χ1n) is 10.4. The van der Waals surface area contributed by atoms with Gasteiger partial charge in [0.15, 0.2) is 11.7 Å². The van der Waals surface area contributed by atoms with Crippen molar-refractivity contribution in [2.75, 3.05) is 19.6 Å². The lowest BCUT2D eigenvalue weighted by molar-refractivity contribution is -0.135. The first kappa shape index (κ1) is 21.9. The number of oxazole rings is 1. The molecule has 30 heavy (non-hydrogen) atoms. The Labute approximate surface area is 174 Å². The largest absolute Gasteiger partial charge is 0.441 e. The van der Waals surface area contributed by atoms with E-state index in [9.17, 15) is 18.4 Å². The Morgan fingerprint density at radius 1 is 1.33 bits per heavy atom. The standard InChI is InChI=1S/C22H27F2N3O3/c1-2-3-10-25-22(29)15-5-4-11-27(14-15)21(28)9-8-20-26-13-19(30-20)17-7-6-16(23)12-18(17)24/h6-7,12-13,15H,2-5,8-11,14H2,1H3,(H,25,29). The lowest BCUT2D eigenvalue weighted by Crippen LogP contribution is -2.45. The summed E-state index contributed by atoms with van der Waals surface area (Å²) < 4.78 is 32.5. The zero-order valence-corrected chi connectivity index (χ0v) is 17.1. The van der Waals surface area contributed by atoms with Gasteiger partial charge in [-0.3, -0.25) is 9.59 Å². The van der Waals surface area contributed by atoms with E-state index in [4.69, 9.17) is 4.42 Å². The normalized spacial score (nSPS) is 16.5. The molecular formula is C22H27F2N3O3. The molecule has 1 aliphatic rings. The van der Waals surface area contributed by atoms with Gasteiger partial charge < -0.3 is 14.6 Å². The number of carbonyl (C=O) groups is 2. The molecule has 8 heteroatoms. The van der Waals surface area contributed by atoms with Crippen LogP contribution in [0, 0.1) is 17.6 Å². The minimum atomic E-state index is -0.731. The van der Waals surface area contributed by atoms with Crippen LogP contribution in [0.2, 0.25) is 0 Å². The Hall–Kier alpha value is -2.77. The van der Waals surface area contributed by atoms with Gasteiger partial charge in [-0.2, -0.15) is 0 Å². The molecule has 1 aliphatic heterocycles. The number of likely N-dealkylation sites (tertiary alicyclic amines) is 1. The number of hydrogen-bond donors (Lipinski definition) is 1. The van der Waals surface area contributed by atoms with Crippen LogP contribution in [0.5, 0.6) is 0 Å². The monoisotopic (exact) mass is 419 g/mol. The van der Waals surface area contributed by atoms with E-state index < -0.39 is 11.6 Å². The number of benzene rings is 1. The van der Waals surface area contributed by atoms with Crippen molar-refractivity contribution in [1.82, 2.24) is 15.2 Å². The quantitative estimate of drug-likeness (QED) is 0.662. The Morgan fingerprint density at radius 2 is 2.17 bits per heavy atom. The molecule has 162 valence electrons. The summed E-state index contributed by atoms with van der Waals surface area (Å²) in [7, 11) is 0. The molecule has 1 fully saturated rings. The third-order valence-corrected chi connectivity index (χ3v) is 5.28. The Morgan fingerprint density at radius 3 is 2.93 bits per heavy atom.